The van der Waals surface area contributed by atoms with Gasteiger partial charge in [0, 0.05) is 5.41 Å². The standard InChI is InChI=1S/C27H48O2/c1-18(2)8-6-9-19(3)21-11-12-22-20-13-17-27(29)24(28)10-7-15-26(27,5)23(20)14-16-25(21,22)4/h18-24,28-29H,6-17H2,1-5H3/t19-,20+,21+,22-,23+,24-,25-,26-,27-/m1/s1. The third kappa shape index (κ3) is 3.34. The third-order valence-electron chi connectivity index (χ3n) is 11.0. The number of hydrogen-bond acceptors (Lipinski definition) is 2. The van der Waals surface area contributed by atoms with Gasteiger partial charge in [-0.2, -0.15) is 0 Å². The fourth-order valence-corrected chi connectivity index (χ4v) is 9.35. The van der Waals surface area contributed by atoms with Gasteiger partial charge in [-0.3, -0.25) is 0 Å². The molecule has 0 aromatic carbocycles. The van der Waals surface area contributed by atoms with Gasteiger partial charge in [0.1, 0.15) is 0 Å². The quantitative estimate of drug-likeness (QED) is 0.543. The Morgan fingerprint density at radius 2 is 1.62 bits per heavy atom. The van der Waals surface area contributed by atoms with E-state index < -0.39 is 11.7 Å². The van der Waals surface area contributed by atoms with Crippen LogP contribution in [0, 0.1) is 46.3 Å². The minimum absolute atomic E-state index is 0.0735. The van der Waals surface area contributed by atoms with Gasteiger partial charge in [-0.15, -0.1) is 0 Å². The normalized spacial score (nSPS) is 50.7. The Morgan fingerprint density at radius 3 is 2.34 bits per heavy atom. The van der Waals surface area contributed by atoms with Crippen molar-refractivity contribution in [2.24, 2.45) is 46.3 Å². The molecule has 4 aliphatic carbocycles. The van der Waals surface area contributed by atoms with Crippen molar-refractivity contribution >= 4 is 0 Å². The molecule has 4 saturated carbocycles. The lowest BCUT2D eigenvalue weighted by molar-refractivity contribution is -0.246. The van der Waals surface area contributed by atoms with Crippen LogP contribution >= 0.6 is 0 Å². The van der Waals surface area contributed by atoms with Gasteiger partial charge in [0.2, 0.25) is 0 Å². The smallest absolute Gasteiger partial charge is 0.0961 e. The minimum Gasteiger partial charge on any atom is -0.390 e. The second kappa shape index (κ2) is 7.80. The van der Waals surface area contributed by atoms with Crippen LogP contribution in [0.2, 0.25) is 0 Å². The highest BCUT2D eigenvalue weighted by Crippen LogP contribution is 2.69. The van der Waals surface area contributed by atoms with Crippen molar-refractivity contribution in [1.29, 1.82) is 0 Å². The molecular formula is C27H48O2. The SMILES string of the molecule is CC(C)CCC[C@@H](C)[C@@H]1CC[C@@H]2[C@@H]3CC[C@@]4(O)[C@H](O)CCC[C@]4(C)[C@H]3CC[C@@]21C. The molecule has 2 N–H and O–H groups in total. The Morgan fingerprint density at radius 1 is 0.862 bits per heavy atom. The van der Waals surface area contributed by atoms with Crippen LogP contribution in [-0.2, 0) is 0 Å². The fourth-order valence-electron chi connectivity index (χ4n) is 9.35. The van der Waals surface area contributed by atoms with Crippen LogP contribution in [0.25, 0.3) is 0 Å². The van der Waals surface area contributed by atoms with E-state index >= 15 is 0 Å². The van der Waals surface area contributed by atoms with Gasteiger partial charge in [0.15, 0.2) is 0 Å². The lowest BCUT2D eigenvalue weighted by atomic mass is 9.42. The summed E-state index contributed by atoms with van der Waals surface area (Å²) in [6.45, 7) is 12.2. The molecule has 0 aromatic rings. The zero-order valence-corrected chi connectivity index (χ0v) is 19.9. The molecule has 0 aliphatic heterocycles. The molecule has 168 valence electrons. The summed E-state index contributed by atoms with van der Waals surface area (Å²) in [6.07, 6.45) is 14.1. The molecular weight excluding hydrogens is 356 g/mol. The van der Waals surface area contributed by atoms with Gasteiger partial charge in [-0.1, -0.05) is 60.3 Å². The highest BCUT2D eigenvalue weighted by Gasteiger charge is 2.65. The van der Waals surface area contributed by atoms with Gasteiger partial charge in [-0.25, -0.2) is 0 Å². The Kier molecular flexibility index (Phi) is 5.95. The van der Waals surface area contributed by atoms with Crippen molar-refractivity contribution in [2.45, 2.75) is 123 Å². The molecule has 0 amide bonds. The molecule has 0 spiro atoms. The summed E-state index contributed by atoms with van der Waals surface area (Å²) in [5.74, 6) is 4.82. The van der Waals surface area contributed by atoms with Crippen LogP contribution in [0.15, 0.2) is 0 Å². The Hall–Kier alpha value is -0.0800. The first-order chi connectivity index (χ1) is 13.6. The molecule has 0 unspecified atom stereocenters. The summed E-state index contributed by atoms with van der Waals surface area (Å²) in [7, 11) is 0. The summed E-state index contributed by atoms with van der Waals surface area (Å²) in [5.41, 5.74) is -0.393. The zero-order valence-electron chi connectivity index (χ0n) is 19.9. The maximum absolute atomic E-state index is 11.6. The average molecular weight is 405 g/mol. The van der Waals surface area contributed by atoms with E-state index in [1.807, 2.05) is 0 Å². The minimum atomic E-state index is -0.831. The van der Waals surface area contributed by atoms with Crippen LogP contribution < -0.4 is 0 Å². The summed E-state index contributed by atoms with van der Waals surface area (Å²) in [6, 6.07) is 0. The topological polar surface area (TPSA) is 40.5 Å². The van der Waals surface area contributed by atoms with Gasteiger partial charge >= 0.3 is 0 Å². The third-order valence-corrected chi connectivity index (χ3v) is 11.0. The molecule has 4 rings (SSSR count). The highest BCUT2D eigenvalue weighted by atomic mass is 16.3. The second-order valence-corrected chi connectivity index (χ2v) is 12.7. The van der Waals surface area contributed by atoms with Gasteiger partial charge in [0.05, 0.1) is 11.7 Å². The number of rotatable bonds is 5. The largest absolute Gasteiger partial charge is 0.390 e. The monoisotopic (exact) mass is 404 g/mol. The fraction of sp³-hybridized carbons (Fsp3) is 1.00. The molecule has 0 bridgehead atoms. The Labute approximate surface area is 180 Å². The highest BCUT2D eigenvalue weighted by molar-refractivity contribution is 5.15. The molecule has 4 fully saturated rings. The van der Waals surface area contributed by atoms with Crippen molar-refractivity contribution in [3.63, 3.8) is 0 Å². The average Bonchev–Trinajstić information content (AvgIpc) is 3.01. The van der Waals surface area contributed by atoms with Crippen molar-refractivity contribution in [3.8, 4) is 0 Å². The second-order valence-electron chi connectivity index (χ2n) is 12.7. The number of fused-ring (bicyclic) bond motifs is 5. The van der Waals surface area contributed by atoms with E-state index in [4.69, 9.17) is 0 Å². The van der Waals surface area contributed by atoms with E-state index in [9.17, 15) is 10.2 Å². The van der Waals surface area contributed by atoms with Crippen LogP contribution in [-0.4, -0.2) is 21.9 Å². The predicted octanol–water partition coefficient (Wildman–Crippen LogP) is 6.58. The van der Waals surface area contributed by atoms with E-state index in [1.54, 1.807) is 0 Å². The van der Waals surface area contributed by atoms with E-state index in [-0.39, 0.29) is 5.41 Å². The Bertz CT molecular complexity index is 587. The number of aliphatic hydroxyl groups is 2. The van der Waals surface area contributed by atoms with E-state index in [0.717, 1.165) is 61.7 Å². The van der Waals surface area contributed by atoms with Crippen molar-refractivity contribution < 1.29 is 10.2 Å². The molecule has 2 heteroatoms. The van der Waals surface area contributed by atoms with Gasteiger partial charge in [-0.05, 0) is 92.3 Å². The van der Waals surface area contributed by atoms with E-state index in [0.29, 0.717) is 11.3 Å². The van der Waals surface area contributed by atoms with Crippen molar-refractivity contribution in [2.75, 3.05) is 0 Å². The molecule has 0 aromatic heterocycles. The maximum Gasteiger partial charge on any atom is 0.0961 e. The van der Waals surface area contributed by atoms with Crippen molar-refractivity contribution in [3.05, 3.63) is 0 Å². The zero-order chi connectivity index (χ0) is 21.0. The van der Waals surface area contributed by atoms with Crippen LogP contribution in [0.5, 0.6) is 0 Å². The van der Waals surface area contributed by atoms with Crippen molar-refractivity contribution in [1.82, 2.24) is 0 Å². The molecule has 0 saturated heterocycles. The Balaban J connectivity index is 1.51. The summed E-state index contributed by atoms with van der Waals surface area (Å²) >= 11 is 0. The van der Waals surface area contributed by atoms with Crippen LogP contribution in [0.4, 0.5) is 0 Å². The summed E-state index contributed by atoms with van der Waals surface area (Å²) in [4.78, 5) is 0. The molecule has 0 heterocycles. The molecule has 4 aliphatic rings. The first-order valence-electron chi connectivity index (χ1n) is 13.0. The first kappa shape index (κ1) is 22.1. The summed E-state index contributed by atoms with van der Waals surface area (Å²) in [5, 5.41) is 22.3. The lowest BCUT2D eigenvalue weighted by Crippen LogP contribution is -2.66. The molecule has 2 nitrogen and oxygen atoms in total. The summed E-state index contributed by atoms with van der Waals surface area (Å²) < 4.78 is 0. The maximum atomic E-state index is 11.6. The van der Waals surface area contributed by atoms with Gasteiger partial charge in [0.25, 0.3) is 0 Å². The van der Waals surface area contributed by atoms with Crippen LogP contribution in [0.3, 0.4) is 0 Å². The molecule has 9 atom stereocenters. The lowest BCUT2D eigenvalue weighted by Gasteiger charge is -2.64. The number of hydrogen-bond donors (Lipinski definition) is 2. The van der Waals surface area contributed by atoms with Crippen LogP contribution in [0.1, 0.15) is 112 Å². The number of aliphatic hydroxyl groups excluding tert-OH is 1. The molecule has 0 radical (unpaired) electrons. The molecule has 29 heavy (non-hydrogen) atoms. The first-order valence-corrected chi connectivity index (χ1v) is 13.0. The van der Waals surface area contributed by atoms with E-state index in [1.165, 1.54) is 44.9 Å². The predicted molar refractivity (Wildman–Crippen MR) is 121 cm³/mol. The van der Waals surface area contributed by atoms with E-state index in [2.05, 4.69) is 34.6 Å². The van der Waals surface area contributed by atoms with Gasteiger partial charge < -0.3 is 10.2 Å².